The molecule has 1 aliphatic heterocycles. The Hall–Kier alpha value is -3.34. The van der Waals surface area contributed by atoms with E-state index >= 15 is 0 Å². The number of methoxy groups -OCH3 is 1. The number of carboxylic acid groups (broad SMARTS) is 1. The lowest BCUT2D eigenvalue weighted by molar-refractivity contribution is -0.145. The highest BCUT2D eigenvalue weighted by atomic mass is 19.4. The Morgan fingerprint density at radius 2 is 1.71 bits per heavy atom. The fourth-order valence-corrected chi connectivity index (χ4v) is 5.40. The van der Waals surface area contributed by atoms with Crippen LogP contribution in [0.25, 0.3) is 0 Å². The van der Waals surface area contributed by atoms with Crippen LogP contribution in [0.1, 0.15) is 76.8 Å². The Labute approximate surface area is 238 Å². The summed E-state index contributed by atoms with van der Waals surface area (Å²) in [6.07, 6.45) is -5.71. The number of carbonyl (C=O) groups excluding carboxylic acids is 1. The topological polar surface area (TPSA) is 98.2 Å². The highest BCUT2D eigenvalue weighted by Crippen LogP contribution is 2.50. The van der Waals surface area contributed by atoms with Crippen LogP contribution in [0.5, 0.6) is 5.88 Å². The Kier molecular flexibility index (Phi) is 9.32. The molecule has 1 aromatic carbocycles. The molecule has 3 rings (SSSR count). The molecule has 2 aromatic rings. The summed E-state index contributed by atoms with van der Waals surface area (Å²) in [5.41, 5.74) is -0.312. The number of benzene rings is 1. The molecule has 1 saturated heterocycles. The molecule has 8 nitrogen and oxygen atoms in total. The number of hydrogen-bond donors (Lipinski definition) is 1. The van der Waals surface area contributed by atoms with E-state index < -0.39 is 53.3 Å². The van der Waals surface area contributed by atoms with Crippen LogP contribution >= 0.6 is 0 Å². The van der Waals surface area contributed by atoms with Crippen LogP contribution in [0.4, 0.5) is 18.0 Å². The molecule has 1 amide bonds. The van der Waals surface area contributed by atoms with Crippen molar-refractivity contribution in [1.29, 1.82) is 0 Å². The molecule has 1 aromatic heterocycles. The zero-order chi connectivity index (χ0) is 30.9. The molecule has 1 fully saturated rings. The number of ether oxygens (including phenoxy) is 3. The van der Waals surface area contributed by atoms with E-state index in [2.05, 4.69) is 4.98 Å². The van der Waals surface area contributed by atoms with Gasteiger partial charge in [-0.15, -0.1) is 0 Å². The van der Waals surface area contributed by atoms with Gasteiger partial charge in [0.2, 0.25) is 5.88 Å². The molecule has 0 unspecified atom stereocenters. The van der Waals surface area contributed by atoms with Gasteiger partial charge in [0.05, 0.1) is 38.0 Å². The van der Waals surface area contributed by atoms with Crippen molar-refractivity contribution in [2.45, 2.75) is 84.9 Å². The number of likely N-dealkylation sites (tertiary alicyclic amines) is 1. The number of nitrogens with zero attached hydrogens (tertiary/aromatic N) is 2. The van der Waals surface area contributed by atoms with Gasteiger partial charge < -0.3 is 19.3 Å². The Morgan fingerprint density at radius 1 is 1.05 bits per heavy atom. The van der Waals surface area contributed by atoms with Crippen molar-refractivity contribution in [1.82, 2.24) is 9.88 Å². The van der Waals surface area contributed by atoms with Crippen molar-refractivity contribution in [3.63, 3.8) is 0 Å². The highest BCUT2D eigenvalue weighted by Gasteiger charge is 2.59. The fourth-order valence-electron chi connectivity index (χ4n) is 5.40. The van der Waals surface area contributed by atoms with Crippen molar-refractivity contribution >= 4 is 12.1 Å². The zero-order valence-electron chi connectivity index (χ0n) is 24.7. The van der Waals surface area contributed by atoms with Crippen LogP contribution < -0.4 is 4.74 Å². The number of hydrogen-bond acceptors (Lipinski definition) is 6. The largest absolute Gasteiger partial charge is 0.481 e. The second kappa shape index (κ2) is 11.9. The van der Waals surface area contributed by atoms with E-state index in [1.165, 1.54) is 12.0 Å². The number of rotatable bonds is 7. The number of halogens is 3. The summed E-state index contributed by atoms with van der Waals surface area (Å²) >= 11 is 0. The molecule has 0 saturated carbocycles. The van der Waals surface area contributed by atoms with Crippen LogP contribution in [0, 0.1) is 11.3 Å². The molecule has 0 bridgehead atoms. The number of carbonyl (C=O) groups is 2. The smallest absolute Gasteiger partial charge is 0.417 e. The number of aliphatic carboxylic acids is 1. The maximum Gasteiger partial charge on any atom is 0.417 e. The van der Waals surface area contributed by atoms with Gasteiger partial charge in [-0.1, -0.05) is 65.8 Å². The van der Waals surface area contributed by atoms with E-state index in [0.29, 0.717) is 11.8 Å². The van der Waals surface area contributed by atoms with Crippen molar-refractivity contribution in [3.8, 4) is 5.88 Å². The van der Waals surface area contributed by atoms with Gasteiger partial charge in [-0.05, 0) is 34.9 Å². The molecule has 0 spiro atoms. The van der Waals surface area contributed by atoms with Gasteiger partial charge in [-0.3, -0.25) is 4.90 Å². The summed E-state index contributed by atoms with van der Waals surface area (Å²) in [6, 6.07) is 6.13. The monoisotopic (exact) mass is 580 g/mol. The summed E-state index contributed by atoms with van der Waals surface area (Å²) in [7, 11) is 1.29. The molecule has 0 radical (unpaired) electrons. The lowest BCUT2D eigenvalue weighted by Gasteiger charge is -2.34. The van der Waals surface area contributed by atoms with Crippen LogP contribution in [0.15, 0.2) is 36.5 Å². The normalized spacial score (nSPS) is 21.6. The third-order valence-electron chi connectivity index (χ3n) is 7.31. The van der Waals surface area contributed by atoms with Gasteiger partial charge in [-0.2, -0.15) is 13.2 Å². The first-order chi connectivity index (χ1) is 18.9. The molecule has 41 heavy (non-hydrogen) atoms. The van der Waals surface area contributed by atoms with Gasteiger partial charge in [0.1, 0.15) is 6.04 Å². The summed E-state index contributed by atoms with van der Waals surface area (Å²) in [6.45, 7) is 12.9. The summed E-state index contributed by atoms with van der Waals surface area (Å²) < 4.78 is 57.4. The van der Waals surface area contributed by atoms with Gasteiger partial charge in [0.15, 0.2) is 0 Å². The molecule has 2 heterocycles. The summed E-state index contributed by atoms with van der Waals surface area (Å²) in [5, 5.41) is 10.4. The molecule has 11 heteroatoms. The molecule has 0 aliphatic carbocycles. The minimum atomic E-state index is -4.64. The number of aromatic nitrogens is 1. The van der Waals surface area contributed by atoms with Crippen molar-refractivity contribution in [2.75, 3.05) is 13.7 Å². The molecule has 4 atom stereocenters. The summed E-state index contributed by atoms with van der Waals surface area (Å²) in [4.78, 5) is 31.2. The van der Waals surface area contributed by atoms with Crippen molar-refractivity contribution < 1.29 is 42.1 Å². The van der Waals surface area contributed by atoms with Gasteiger partial charge in [0.25, 0.3) is 0 Å². The van der Waals surface area contributed by atoms with E-state index in [9.17, 15) is 27.9 Å². The average Bonchev–Trinajstić information content (AvgIpc) is 3.22. The van der Waals surface area contributed by atoms with Crippen molar-refractivity contribution in [2.24, 2.45) is 11.3 Å². The summed E-state index contributed by atoms with van der Waals surface area (Å²) in [5.74, 6) is -2.05. The average molecular weight is 581 g/mol. The second-order valence-electron chi connectivity index (χ2n) is 12.3. The number of pyridine rings is 1. The Morgan fingerprint density at radius 3 is 2.22 bits per heavy atom. The first-order valence-corrected chi connectivity index (χ1v) is 13.4. The number of alkyl halides is 3. The SMILES string of the molecule is CCOC(=O)N1[C@H](C(=O)O)[C@@H](C(C)(C)C)[C@H](OCc2cc(C(F)(F)F)cnc2OC)[C@@H]1c1cccc(C(C)(C)C)c1. The zero-order valence-corrected chi connectivity index (χ0v) is 24.7. The van der Waals surface area contributed by atoms with Crippen LogP contribution in [-0.2, 0) is 32.5 Å². The van der Waals surface area contributed by atoms with E-state index in [4.69, 9.17) is 14.2 Å². The predicted molar refractivity (Wildman–Crippen MR) is 145 cm³/mol. The molecular formula is C30H39F3N2O6. The minimum Gasteiger partial charge on any atom is -0.481 e. The highest BCUT2D eigenvalue weighted by molar-refractivity contribution is 5.82. The Bertz CT molecular complexity index is 1250. The first kappa shape index (κ1) is 32.2. The molecular weight excluding hydrogens is 541 g/mol. The van der Waals surface area contributed by atoms with E-state index in [1.807, 2.05) is 59.7 Å². The fraction of sp³-hybridized carbons (Fsp3) is 0.567. The lowest BCUT2D eigenvalue weighted by Crippen LogP contribution is -2.47. The van der Waals surface area contributed by atoms with Gasteiger partial charge in [0, 0.05) is 17.7 Å². The number of carboxylic acids is 1. The van der Waals surface area contributed by atoms with Crippen molar-refractivity contribution in [3.05, 3.63) is 58.8 Å². The second-order valence-corrected chi connectivity index (χ2v) is 12.3. The maximum absolute atomic E-state index is 13.5. The van der Waals surface area contributed by atoms with E-state index in [-0.39, 0.29) is 30.1 Å². The quantitative estimate of drug-likeness (QED) is 0.393. The van der Waals surface area contributed by atoms with Gasteiger partial charge in [-0.25, -0.2) is 14.6 Å². The number of amides is 1. The lowest BCUT2D eigenvalue weighted by atomic mass is 9.73. The Balaban J connectivity index is 2.22. The molecule has 1 aliphatic rings. The maximum atomic E-state index is 13.5. The van der Waals surface area contributed by atoms with Gasteiger partial charge >= 0.3 is 18.2 Å². The third-order valence-corrected chi connectivity index (χ3v) is 7.31. The van der Waals surface area contributed by atoms with Crippen LogP contribution in [-0.4, -0.2) is 52.9 Å². The minimum absolute atomic E-state index is 0.0230. The third kappa shape index (κ3) is 6.94. The van der Waals surface area contributed by atoms with E-state index in [1.54, 1.807) is 13.0 Å². The van der Waals surface area contributed by atoms with Crippen LogP contribution in [0.3, 0.4) is 0 Å². The van der Waals surface area contributed by atoms with E-state index in [0.717, 1.165) is 11.6 Å². The molecule has 226 valence electrons. The van der Waals surface area contributed by atoms with Crippen LogP contribution in [0.2, 0.25) is 0 Å². The molecule has 1 N–H and O–H groups in total. The predicted octanol–water partition coefficient (Wildman–Crippen LogP) is 6.62. The standard InChI is InChI=1S/C30H39F3N2O6/c1-9-40-27(38)35-22(17-11-10-12-19(13-17)28(2,3)4)24(21(29(5,6)7)23(35)26(36)37)41-16-18-14-20(30(31,32)33)15-34-25(18)39-8/h10-15,21-24H,9,16H2,1-8H3,(H,36,37)/t21-,22+,23+,24+/m1/s1. The first-order valence-electron chi connectivity index (χ1n) is 13.4.